The summed E-state index contributed by atoms with van der Waals surface area (Å²) in [4.78, 5) is 20.8. The number of carbonyl (C=O) groups is 1. The second-order valence-corrected chi connectivity index (χ2v) is 6.25. The van der Waals surface area contributed by atoms with Crippen molar-refractivity contribution in [2.75, 3.05) is 5.32 Å². The number of rotatable bonds is 5. The summed E-state index contributed by atoms with van der Waals surface area (Å²) in [6, 6.07) is 12.5. The first kappa shape index (κ1) is 16.4. The fourth-order valence-corrected chi connectivity index (χ4v) is 2.86. The van der Waals surface area contributed by atoms with Crippen molar-refractivity contribution in [2.24, 2.45) is 0 Å². The molecule has 7 heteroatoms. The number of nitrogens with one attached hydrogen (secondary N) is 1. The van der Waals surface area contributed by atoms with Crippen LogP contribution >= 0.6 is 22.9 Å². The van der Waals surface area contributed by atoms with E-state index in [0.717, 1.165) is 11.4 Å². The van der Waals surface area contributed by atoms with Gasteiger partial charge in [-0.1, -0.05) is 23.7 Å². The molecule has 122 valence electrons. The SMILES string of the molecule is CC(Oc1cccc(Cl)c1)C(=O)Nc1nc(-c2ccccn2)cs1. The molecule has 1 atom stereocenters. The highest BCUT2D eigenvalue weighted by Crippen LogP contribution is 2.24. The van der Waals surface area contributed by atoms with E-state index in [1.54, 1.807) is 37.4 Å². The fourth-order valence-electron chi connectivity index (χ4n) is 1.97. The Labute approximate surface area is 148 Å². The first-order valence-corrected chi connectivity index (χ1v) is 8.47. The predicted molar refractivity (Wildman–Crippen MR) is 95.5 cm³/mol. The van der Waals surface area contributed by atoms with Gasteiger partial charge < -0.3 is 4.74 Å². The van der Waals surface area contributed by atoms with Gasteiger partial charge in [0.05, 0.1) is 5.69 Å². The molecule has 3 aromatic rings. The van der Waals surface area contributed by atoms with Gasteiger partial charge in [-0.05, 0) is 37.3 Å². The minimum atomic E-state index is -0.675. The molecule has 0 aliphatic heterocycles. The van der Waals surface area contributed by atoms with Crippen LogP contribution in [-0.4, -0.2) is 22.0 Å². The number of thiazole rings is 1. The Morgan fingerprint density at radius 2 is 2.12 bits per heavy atom. The highest BCUT2D eigenvalue weighted by atomic mass is 35.5. The van der Waals surface area contributed by atoms with E-state index in [4.69, 9.17) is 16.3 Å². The molecule has 0 fully saturated rings. The Morgan fingerprint density at radius 1 is 1.25 bits per heavy atom. The third kappa shape index (κ3) is 4.10. The number of ether oxygens (including phenoxy) is 1. The topological polar surface area (TPSA) is 64.1 Å². The lowest BCUT2D eigenvalue weighted by Crippen LogP contribution is -2.30. The van der Waals surface area contributed by atoms with Crippen LogP contribution in [-0.2, 0) is 4.79 Å². The van der Waals surface area contributed by atoms with E-state index in [2.05, 4.69) is 15.3 Å². The summed E-state index contributed by atoms with van der Waals surface area (Å²) < 4.78 is 5.59. The molecular weight excluding hydrogens is 346 g/mol. The number of aromatic nitrogens is 2. The molecule has 1 amide bonds. The lowest BCUT2D eigenvalue weighted by Gasteiger charge is -2.13. The fraction of sp³-hybridized carbons (Fsp3) is 0.118. The van der Waals surface area contributed by atoms with E-state index < -0.39 is 6.10 Å². The molecule has 24 heavy (non-hydrogen) atoms. The molecule has 0 saturated carbocycles. The Morgan fingerprint density at radius 3 is 2.88 bits per heavy atom. The van der Waals surface area contributed by atoms with Crippen molar-refractivity contribution in [1.82, 2.24) is 9.97 Å². The summed E-state index contributed by atoms with van der Waals surface area (Å²) in [5, 5.41) is 5.65. The summed E-state index contributed by atoms with van der Waals surface area (Å²) in [5.41, 5.74) is 1.48. The number of hydrogen-bond donors (Lipinski definition) is 1. The maximum absolute atomic E-state index is 12.2. The van der Waals surface area contributed by atoms with Gasteiger partial charge in [-0.3, -0.25) is 15.1 Å². The Hall–Kier alpha value is -2.44. The average Bonchev–Trinajstić information content (AvgIpc) is 3.04. The number of pyridine rings is 1. The van der Waals surface area contributed by atoms with Gasteiger partial charge in [0.15, 0.2) is 11.2 Å². The van der Waals surface area contributed by atoms with E-state index in [9.17, 15) is 4.79 Å². The predicted octanol–water partition coefficient (Wildman–Crippen LogP) is 4.26. The van der Waals surface area contributed by atoms with Gasteiger partial charge in [-0.2, -0.15) is 0 Å². The lowest BCUT2D eigenvalue weighted by atomic mass is 10.3. The maximum Gasteiger partial charge on any atom is 0.266 e. The molecule has 0 radical (unpaired) electrons. The summed E-state index contributed by atoms with van der Waals surface area (Å²) in [6.07, 6.45) is 1.03. The van der Waals surface area contributed by atoms with Crippen LogP contribution in [0.2, 0.25) is 5.02 Å². The van der Waals surface area contributed by atoms with Crippen LogP contribution in [0, 0.1) is 0 Å². The molecule has 0 bridgehead atoms. The van der Waals surface area contributed by atoms with Crippen molar-refractivity contribution in [3.05, 3.63) is 59.1 Å². The zero-order chi connectivity index (χ0) is 16.9. The molecule has 0 aliphatic carbocycles. The summed E-state index contributed by atoms with van der Waals surface area (Å²) >= 11 is 7.24. The van der Waals surface area contributed by atoms with Gasteiger partial charge in [-0.25, -0.2) is 4.98 Å². The molecule has 5 nitrogen and oxygen atoms in total. The van der Waals surface area contributed by atoms with E-state index in [0.29, 0.717) is 15.9 Å². The number of benzene rings is 1. The zero-order valence-corrected chi connectivity index (χ0v) is 14.3. The summed E-state index contributed by atoms with van der Waals surface area (Å²) in [5.74, 6) is 0.260. The van der Waals surface area contributed by atoms with Gasteiger partial charge in [-0.15, -0.1) is 11.3 Å². The Kier molecular flexibility index (Phi) is 5.08. The minimum absolute atomic E-state index is 0.281. The van der Waals surface area contributed by atoms with Gasteiger partial charge >= 0.3 is 0 Å². The van der Waals surface area contributed by atoms with Crippen LogP contribution in [0.4, 0.5) is 5.13 Å². The molecule has 0 aliphatic rings. The number of carbonyl (C=O) groups excluding carboxylic acids is 1. The molecule has 0 spiro atoms. The van der Waals surface area contributed by atoms with Crippen LogP contribution in [0.5, 0.6) is 5.75 Å². The van der Waals surface area contributed by atoms with Crippen molar-refractivity contribution in [3.8, 4) is 17.1 Å². The second-order valence-electron chi connectivity index (χ2n) is 4.96. The van der Waals surface area contributed by atoms with E-state index in [1.807, 2.05) is 23.6 Å². The van der Waals surface area contributed by atoms with Crippen LogP contribution in [0.1, 0.15) is 6.92 Å². The standard InChI is InChI=1S/C17H14ClN3O2S/c1-11(23-13-6-4-5-12(18)9-13)16(22)21-17-20-15(10-24-17)14-7-2-3-8-19-14/h2-11H,1H3,(H,20,21,22). The third-order valence-electron chi connectivity index (χ3n) is 3.14. The maximum atomic E-state index is 12.2. The molecule has 2 heterocycles. The van der Waals surface area contributed by atoms with Crippen molar-refractivity contribution < 1.29 is 9.53 Å². The number of hydrogen-bond acceptors (Lipinski definition) is 5. The first-order chi connectivity index (χ1) is 11.6. The molecule has 2 aromatic heterocycles. The van der Waals surface area contributed by atoms with Crippen molar-refractivity contribution >= 4 is 34.0 Å². The highest BCUT2D eigenvalue weighted by Gasteiger charge is 2.17. The van der Waals surface area contributed by atoms with Crippen LogP contribution in [0.15, 0.2) is 54.0 Å². The van der Waals surface area contributed by atoms with Gasteiger partial charge in [0.2, 0.25) is 0 Å². The molecule has 1 aromatic carbocycles. The summed E-state index contributed by atoms with van der Waals surface area (Å²) in [7, 11) is 0. The van der Waals surface area contributed by atoms with Crippen LogP contribution < -0.4 is 10.1 Å². The van der Waals surface area contributed by atoms with E-state index in [-0.39, 0.29) is 5.91 Å². The third-order valence-corrected chi connectivity index (χ3v) is 4.13. The van der Waals surface area contributed by atoms with Gasteiger partial charge in [0.1, 0.15) is 11.4 Å². The number of anilines is 1. The Balaban J connectivity index is 1.63. The van der Waals surface area contributed by atoms with Crippen molar-refractivity contribution in [1.29, 1.82) is 0 Å². The normalized spacial score (nSPS) is 11.8. The highest BCUT2D eigenvalue weighted by molar-refractivity contribution is 7.14. The molecule has 1 N–H and O–H groups in total. The number of nitrogens with zero attached hydrogens (tertiary/aromatic N) is 2. The summed E-state index contributed by atoms with van der Waals surface area (Å²) in [6.45, 7) is 1.67. The van der Waals surface area contributed by atoms with Gasteiger partial charge in [0.25, 0.3) is 5.91 Å². The average molecular weight is 360 g/mol. The largest absolute Gasteiger partial charge is 0.481 e. The van der Waals surface area contributed by atoms with Crippen LogP contribution in [0.3, 0.4) is 0 Å². The minimum Gasteiger partial charge on any atom is -0.481 e. The van der Waals surface area contributed by atoms with Crippen LogP contribution in [0.25, 0.3) is 11.4 Å². The van der Waals surface area contributed by atoms with Gasteiger partial charge in [0, 0.05) is 16.6 Å². The Bertz CT molecular complexity index is 839. The van der Waals surface area contributed by atoms with E-state index >= 15 is 0 Å². The lowest BCUT2D eigenvalue weighted by molar-refractivity contribution is -0.122. The number of amides is 1. The molecule has 0 saturated heterocycles. The first-order valence-electron chi connectivity index (χ1n) is 7.22. The smallest absolute Gasteiger partial charge is 0.266 e. The van der Waals surface area contributed by atoms with E-state index in [1.165, 1.54) is 11.3 Å². The zero-order valence-electron chi connectivity index (χ0n) is 12.8. The molecule has 1 unspecified atom stereocenters. The quantitative estimate of drug-likeness (QED) is 0.739. The van der Waals surface area contributed by atoms with Crippen molar-refractivity contribution in [2.45, 2.75) is 13.0 Å². The molecular formula is C17H14ClN3O2S. The van der Waals surface area contributed by atoms with Crippen molar-refractivity contribution in [3.63, 3.8) is 0 Å². The second kappa shape index (κ2) is 7.42. The number of halogens is 1. The monoisotopic (exact) mass is 359 g/mol. The molecule has 3 rings (SSSR count).